The van der Waals surface area contributed by atoms with Crippen molar-refractivity contribution >= 4 is 21.0 Å². The van der Waals surface area contributed by atoms with Crippen LogP contribution in [0.15, 0.2) is 15.9 Å². The molecule has 0 spiro atoms. The number of hydrogen-bond donors (Lipinski definition) is 0. The number of fused-ring (bicyclic) bond motifs is 1. The molecule has 2 aromatic rings. The molecule has 3 rings (SSSR count). The van der Waals surface area contributed by atoms with Crippen LogP contribution in [-0.4, -0.2) is 63.1 Å². The average Bonchev–Trinajstić information content (AvgIpc) is 2.88. The highest BCUT2D eigenvalue weighted by Crippen LogP contribution is 2.05. The summed E-state index contributed by atoms with van der Waals surface area (Å²) >= 11 is 0. The second-order valence-corrected chi connectivity index (χ2v) is 8.12. The molecule has 0 N–H and O–H groups in total. The van der Waals surface area contributed by atoms with Crippen LogP contribution >= 0.6 is 0 Å². The number of sulfone groups is 1. The zero-order valence-corrected chi connectivity index (χ0v) is 13.9. The minimum Gasteiger partial charge on any atom is -0.328 e. The van der Waals surface area contributed by atoms with E-state index in [9.17, 15) is 18.0 Å². The lowest BCUT2D eigenvalue weighted by atomic mass is 10.4. The monoisotopic (exact) mass is 341 g/mol. The van der Waals surface area contributed by atoms with E-state index in [1.807, 2.05) is 4.90 Å². The van der Waals surface area contributed by atoms with Crippen LogP contribution in [0.4, 0.5) is 0 Å². The molecule has 3 heterocycles. The first-order valence-electron chi connectivity index (χ1n) is 7.34. The van der Waals surface area contributed by atoms with E-state index in [-0.39, 0.29) is 23.6 Å². The summed E-state index contributed by atoms with van der Waals surface area (Å²) < 4.78 is 27.0. The molecule has 1 aliphatic rings. The third-order valence-corrected chi connectivity index (χ3v) is 5.89. The van der Waals surface area contributed by atoms with Crippen molar-refractivity contribution in [3.05, 3.63) is 27.2 Å². The Hall–Kier alpha value is -1.94. The maximum absolute atomic E-state index is 12.5. The van der Waals surface area contributed by atoms with Crippen LogP contribution in [-0.2, 0) is 30.5 Å². The van der Waals surface area contributed by atoms with Crippen molar-refractivity contribution in [2.24, 2.45) is 14.1 Å². The number of aromatic nitrogens is 4. The molecule has 0 atom stereocenters. The fourth-order valence-electron chi connectivity index (χ4n) is 2.81. The van der Waals surface area contributed by atoms with E-state index in [2.05, 4.69) is 4.98 Å². The molecule has 126 valence electrons. The highest BCUT2D eigenvalue weighted by Gasteiger charge is 2.22. The van der Waals surface area contributed by atoms with Crippen LogP contribution in [0, 0.1) is 0 Å². The van der Waals surface area contributed by atoms with Crippen LogP contribution in [0.2, 0.25) is 0 Å². The second kappa shape index (κ2) is 5.60. The van der Waals surface area contributed by atoms with Gasteiger partial charge in [0.25, 0.3) is 5.56 Å². The molecular weight excluding hydrogens is 322 g/mol. The normalized spacial score (nSPS) is 18.5. The average molecular weight is 341 g/mol. The van der Waals surface area contributed by atoms with Gasteiger partial charge in [-0.25, -0.2) is 18.2 Å². The maximum Gasteiger partial charge on any atom is 0.332 e. The van der Waals surface area contributed by atoms with Gasteiger partial charge in [-0.2, -0.15) is 0 Å². The maximum atomic E-state index is 12.5. The molecule has 0 saturated carbocycles. The number of hydrogen-bond acceptors (Lipinski definition) is 6. The van der Waals surface area contributed by atoms with Gasteiger partial charge in [-0.1, -0.05) is 0 Å². The van der Waals surface area contributed by atoms with Crippen molar-refractivity contribution in [3.8, 4) is 0 Å². The fourth-order valence-corrected chi connectivity index (χ4v) is 4.09. The Bertz CT molecular complexity index is 955. The Morgan fingerprint density at radius 3 is 2.43 bits per heavy atom. The highest BCUT2D eigenvalue weighted by atomic mass is 32.2. The van der Waals surface area contributed by atoms with Crippen LogP contribution < -0.4 is 11.2 Å². The topological polar surface area (TPSA) is 99.2 Å². The Morgan fingerprint density at radius 2 is 1.78 bits per heavy atom. The van der Waals surface area contributed by atoms with Gasteiger partial charge in [0, 0.05) is 40.3 Å². The van der Waals surface area contributed by atoms with Gasteiger partial charge in [0.15, 0.2) is 21.0 Å². The van der Waals surface area contributed by atoms with E-state index < -0.39 is 15.5 Å². The predicted molar refractivity (Wildman–Crippen MR) is 85.3 cm³/mol. The highest BCUT2D eigenvalue weighted by molar-refractivity contribution is 7.91. The summed E-state index contributed by atoms with van der Waals surface area (Å²) in [7, 11) is 0.358. The summed E-state index contributed by atoms with van der Waals surface area (Å²) in [4.78, 5) is 30.9. The Balaban J connectivity index is 1.88. The van der Waals surface area contributed by atoms with Crippen LogP contribution in [0.3, 0.4) is 0 Å². The third kappa shape index (κ3) is 2.83. The predicted octanol–water partition coefficient (Wildman–Crippen LogP) is -1.84. The number of imidazole rings is 1. The van der Waals surface area contributed by atoms with E-state index >= 15 is 0 Å². The molecule has 10 heteroatoms. The van der Waals surface area contributed by atoms with E-state index in [1.54, 1.807) is 18.7 Å². The van der Waals surface area contributed by atoms with Gasteiger partial charge in [-0.05, 0) is 0 Å². The molecule has 1 aliphatic heterocycles. The third-order valence-electron chi connectivity index (χ3n) is 4.28. The quantitative estimate of drug-likeness (QED) is 0.651. The molecule has 0 aliphatic carbocycles. The lowest BCUT2D eigenvalue weighted by Gasteiger charge is -2.26. The van der Waals surface area contributed by atoms with Crippen molar-refractivity contribution < 1.29 is 8.42 Å². The molecular formula is C13H19N5O4S. The first kappa shape index (κ1) is 15.9. The summed E-state index contributed by atoms with van der Waals surface area (Å²) in [6.45, 7) is 1.57. The molecule has 9 nitrogen and oxygen atoms in total. The Kier molecular flexibility index (Phi) is 3.88. The second-order valence-electron chi connectivity index (χ2n) is 5.82. The minimum atomic E-state index is -2.94. The lowest BCUT2D eigenvalue weighted by Crippen LogP contribution is -2.45. The molecule has 0 radical (unpaired) electrons. The summed E-state index contributed by atoms with van der Waals surface area (Å²) in [5.74, 6) is 0.251. The van der Waals surface area contributed by atoms with Crippen LogP contribution in [0.5, 0.6) is 0 Å². The Morgan fingerprint density at radius 1 is 1.13 bits per heavy atom. The zero-order chi connectivity index (χ0) is 16.8. The molecule has 0 bridgehead atoms. The van der Waals surface area contributed by atoms with Gasteiger partial charge in [0.05, 0.1) is 17.8 Å². The zero-order valence-electron chi connectivity index (χ0n) is 13.1. The SMILES string of the molecule is Cn1cnc2c1c(=O)n(CCN1CCS(=O)(=O)CC1)c(=O)n2C. The van der Waals surface area contributed by atoms with Gasteiger partial charge < -0.3 is 4.57 Å². The first-order valence-corrected chi connectivity index (χ1v) is 9.16. The molecule has 1 fully saturated rings. The van der Waals surface area contributed by atoms with Gasteiger partial charge in [-0.15, -0.1) is 0 Å². The van der Waals surface area contributed by atoms with Gasteiger partial charge in [-0.3, -0.25) is 18.8 Å². The molecule has 1 saturated heterocycles. The van der Waals surface area contributed by atoms with Crippen molar-refractivity contribution in [2.75, 3.05) is 31.1 Å². The number of aryl methyl sites for hydroxylation is 2. The van der Waals surface area contributed by atoms with E-state index in [1.165, 1.54) is 15.5 Å². The van der Waals surface area contributed by atoms with E-state index in [0.29, 0.717) is 30.8 Å². The first-order chi connectivity index (χ1) is 10.8. The summed E-state index contributed by atoms with van der Waals surface area (Å²) in [5.41, 5.74) is -0.0327. The lowest BCUT2D eigenvalue weighted by molar-refractivity contribution is 0.279. The molecule has 0 unspecified atom stereocenters. The molecule has 0 amide bonds. The molecule has 0 aromatic carbocycles. The van der Waals surface area contributed by atoms with Gasteiger partial charge in [0.2, 0.25) is 0 Å². The summed E-state index contributed by atoms with van der Waals surface area (Å²) in [6, 6.07) is 0. The molecule has 23 heavy (non-hydrogen) atoms. The number of nitrogens with zero attached hydrogens (tertiary/aromatic N) is 5. The van der Waals surface area contributed by atoms with Crippen LogP contribution in [0.25, 0.3) is 11.2 Å². The van der Waals surface area contributed by atoms with E-state index in [4.69, 9.17) is 0 Å². The summed E-state index contributed by atoms with van der Waals surface area (Å²) in [6.07, 6.45) is 1.51. The minimum absolute atomic E-state index is 0.126. The van der Waals surface area contributed by atoms with Crippen molar-refractivity contribution in [1.29, 1.82) is 0 Å². The van der Waals surface area contributed by atoms with Crippen LogP contribution in [0.1, 0.15) is 0 Å². The van der Waals surface area contributed by atoms with Gasteiger partial charge in [0.1, 0.15) is 0 Å². The Labute approximate surface area is 132 Å². The van der Waals surface area contributed by atoms with Crippen molar-refractivity contribution in [1.82, 2.24) is 23.6 Å². The largest absolute Gasteiger partial charge is 0.332 e. The smallest absolute Gasteiger partial charge is 0.328 e. The standard InChI is InChI=1S/C13H19N5O4S/c1-15-9-14-11-10(15)12(19)18(13(20)16(11)2)4-3-17-5-7-23(21,22)8-6-17/h9H,3-8H2,1-2H3. The van der Waals surface area contributed by atoms with E-state index in [0.717, 1.165) is 0 Å². The summed E-state index contributed by atoms with van der Waals surface area (Å²) in [5, 5.41) is 0. The fraction of sp³-hybridized carbons (Fsp3) is 0.615. The number of rotatable bonds is 3. The van der Waals surface area contributed by atoms with Crippen molar-refractivity contribution in [3.63, 3.8) is 0 Å². The van der Waals surface area contributed by atoms with Crippen molar-refractivity contribution in [2.45, 2.75) is 6.54 Å². The molecule has 2 aromatic heterocycles. The van der Waals surface area contributed by atoms with Gasteiger partial charge >= 0.3 is 5.69 Å².